The van der Waals surface area contributed by atoms with Crippen LogP contribution in [0.3, 0.4) is 0 Å². The van der Waals surface area contributed by atoms with Crippen LogP contribution in [0.4, 0.5) is 0 Å². The van der Waals surface area contributed by atoms with Crippen LogP contribution in [0.2, 0.25) is 0 Å². The molecule has 1 aromatic rings. The number of Topliss-reactive ketones (excluding diaryl/α,β-unsaturated/α-hetero) is 1. The van der Waals surface area contributed by atoms with E-state index in [0.29, 0.717) is 12.0 Å². The molecule has 138 valence electrons. The molecule has 1 saturated carbocycles. The van der Waals surface area contributed by atoms with Gasteiger partial charge in [-0.25, -0.2) is 0 Å². The van der Waals surface area contributed by atoms with Gasteiger partial charge >= 0.3 is 11.9 Å². The second-order valence-electron chi connectivity index (χ2n) is 8.73. The van der Waals surface area contributed by atoms with Crippen LogP contribution < -0.4 is 0 Å². The molecule has 1 aliphatic carbocycles. The molecule has 4 atom stereocenters. The Balaban J connectivity index is 1.77. The molecule has 2 saturated heterocycles. The second kappa shape index (κ2) is 5.41. The minimum atomic E-state index is -1.52. The lowest BCUT2D eigenvalue weighted by molar-refractivity contribution is -0.249. The van der Waals surface area contributed by atoms with Gasteiger partial charge in [0.2, 0.25) is 0 Å². The lowest BCUT2D eigenvalue weighted by atomic mass is 9.52. The Morgan fingerprint density at radius 2 is 1.69 bits per heavy atom. The quantitative estimate of drug-likeness (QED) is 0.472. The van der Waals surface area contributed by atoms with Gasteiger partial charge in [0.15, 0.2) is 11.2 Å². The molecule has 5 nitrogen and oxygen atoms in total. The van der Waals surface area contributed by atoms with Crippen molar-refractivity contribution in [2.75, 3.05) is 0 Å². The van der Waals surface area contributed by atoms with E-state index in [1.807, 2.05) is 26.8 Å². The van der Waals surface area contributed by atoms with E-state index >= 15 is 0 Å². The van der Waals surface area contributed by atoms with E-state index in [-0.39, 0.29) is 24.0 Å². The van der Waals surface area contributed by atoms with E-state index in [9.17, 15) is 14.4 Å². The van der Waals surface area contributed by atoms with Crippen LogP contribution in [0.1, 0.15) is 56.8 Å². The highest BCUT2D eigenvalue weighted by molar-refractivity contribution is 6.08. The summed E-state index contributed by atoms with van der Waals surface area (Å²) in [6.45, 7) is 5.74. The van der Waals surface area contributed by atoms with Crippen molar-refractivity contribution in [2.45, 2.75) is 57.7 Å². The third-order valence-electron chi connectivity index (χ3n) is 6.61. The summed E-state index contributed by atoms with van der Waals surface area (Å²) in [7, 11) is 0. The van der Waals surface area contributed by atoms with Gasteiger partial charge in [-0.2, -0.15) is 0 Å². The first-order chi connectivity index (χ1) is 12.2. The van der Waals surface area contributed by atoms with Gasteiger partial charge in [-0.05, 0) is 46.0 Å². The molecule has 0 unspecified atom stereocenters. The molecular formula is C21H24O5. The van der Waals surface area contributed by atoms with Crippen molar-refractivity contribution in [2.24, 2.45) is 17.3 Å². The molecule has 2 aliphatic heterocycles. The highest BCUT2D eigenvalue weighted by Gasteiger charge is 2.70. The standard InChI is InChI=1S/C21H24O5/c1-19(2)14-9-10-20(3)11-15(14)21(17(23)25-19,18(24)26-20)12-16(22)13-7-5-4-6-8-13/h4-8,14-15H,9-12H2,1-3H3/t14-,15-,20-,21-/m1/s1. The zero-order chi connectivity index (χ0) is 18.7. The Morgan fingerprint density at radius 1 is 1.04 bits per heavy atom. The van der Waals surface area contributed by atoms with Gasteiger partial charge in [-0.15, -0.1) is 0 Å². The maximum absolute atomic E-state index is 13.1. The summed E-state index contributed by atoms with van der Waals surface area (Å²) in [6, 6.07) is 8.77. The lowest BCUT2D eigenvalue weighted by Gasteiger charge is -2.59. The first kappa shape index (κ1) is 17.3. The van der Waals surface area contributed by atoms with Crippen molar-refractivity contribution < 1.29 is 23.9 Å². The normalized spacial score (nSPS) is 37.5. The first-order valence-corrected chi connectivity index (χ1v) is 9.23. The Hall–Kier alpha value is -2.17. The zero-order valence-corrected chi connectivity index (χ0v) is 15.4. The minimum absolute atomic E-state index is 0.0460. The van der Waals surface area contributed by atoms with Crippen molar-refractivity contribution in [1.29, 1.82) is 0 Å². The molecule has 4 rings (SSSR count). The Kier molecular flexibility index (Phi) is 3.59. The van der Waals surface area contributed by atoms with Gasteiger partial charge in [0.1, 0.15) is 11.2 Å². The number of hydrogen-bond donors (Lipinski definition) is 0. The molecule has 5 heteroatoms. The van der Waals surface area contributed by atoms with Gasteiger partial charge in [-0.1, -0.05) is 30.3 Å². The Morgan fingerprint density at radius 3 is 2.38 bits per heavy atom. The van der Waals surface area contributed by atoms with Gasteiger partial charge in [0.05, 0.1) is 0 Å². The molecule has 3 fully saturated rings. The summed E-state index contributed by atoms with van der Waals surface area (Å²) in [6.07, 6.45) is 1.98. The van der Waals surface area contributed by atoms with E-state index < -0.39 is 28.6 Å². The molecular weight excluding hydrogens is 332 g/mol. The molecule has 26 heavy (non-hydrogen) atoms. The average Bonchev–Trinajstić information content (AvgIpc) is 2.57. The van der Waals surface area contributed by atoms with Crippen LogP contribution in [0.5, 0.6) is 0 Å². The van der Waals surface area contributed by atoms with E-state index in [1.165, 1.54) is 0 Å². The fourth-order valence-corrected chi connectivity index (χ4v) is 5.18. The fraction of sp³-hybridized carbons (Fsp3) is 0.571. The Labute approximate surface area is 153 Å². The van der Waals surface area contributed by atoms with Crippen LogP contribution in [0, 0.1) is 17.3 Å². The summed E-state index contributed by atoms with van der Waals surface area (Å²) in [5.74, 6) is -1.61. The van der Waals surface area contributed by atoms with E-state index in [1.54, 1.807) is 24.3 Å². The summed E-state index contributed by atoms with van der Waals surface area (Å²) in [4.78, 5) is 39.0. The van der Waals surface area contributed by atoms with Crippen LogP contribution in [-0.4, -0.2) is 28.9 Å². The van der Waals surface area contributed by atoms with Crippen molar-refractivity contribution in [3.63, 3.8) is 0 Å². The number of ether oxygens (including phenoxy) is 2. The number of carbonyl (C=O) groups excluding carboxylic acids is 3. The van der Waals surface area contributed by atoms with E-state index in [4.69, 9.17) is 9.47 Å². The van der Waals surface area contributed by atoms with Crippen molar-refractivity contribution in [3.8, 4) is 0 Å². The largest absolute Gasteiger partial charge is 0.458 e. The van der Waals surface area contributed by atoms with Gasteiger partial charge in [-0.3, -0.25) is 14.4 Å². The summed E-state index contributed by atoms with van der Waals surface area (Å²) >= 11 is 0. The lowest BCUT2D eigenvalue weighted by Crippen LogP contribution is -2.68. The summed E-state index contributed by atoms with van der Waals surface area (Å²) in [5, 5.41) is 0. The highest BCUT2D eigenvalue weighted by Crippen LogP contribution is 2.60. The second-order valence-corrected chi connectivity index (χ2v) is 8.73. The molecule has 2 heterocycles. The maximum atomic E-state index is 13.1. The zero-order valence-electron chi connectivity index (χ0n) is 15.4. The number of ketones is 1. The Bertz CT molecular complexity index is 773. The van der Waals surface area contributed by atoms with Crippen molar-refractivity contribution in [1.82, 2.24) is 0 Å². The maximum Gasteiger partial charge on any atom is 0.324 e. The molecule has 0 N–H and O–H groups in total. The molecule has 1 aromatic carbocycles. The van der Waals surface area contributed by atoms with E-state index in [0.717, 1.165) is 12.8 Å². The number of benzene rings is 1. The predicted octanol–water partition coefficient (Wildman–Crippen LogP) is 3.31. The summed E-state index contributed by atoms with van der Waals surface area (Å²) < 4.78 is 11.4. The van der Waals surface area contributed by atoms with E-state index in [2.05, 4.69) is 0 Å². The molecule has 3 aliphatic rings. The molecule has 0 aromatic heterocycles. The minimum Gasteiger partial charge on any atom is -0.458 e. The SMILES string of the molecule is CC1(C)OC(=O)[C@]2(CC(=O)c3ccccc3)C(=O)O[C@]3(C)CC[C@@H]1[C@H]2C3. The third kappa shape index (κ3) is 2.32. The smallest absolute Gasteiger partial charge is 0.324 e. The predicted molar refractivity (Wildman–Crippen MR) is 93.3 cm³/mol. The van der Waals surface area contributed by atoms with Crippen molar-refractivity contribution in [3.05, 3.63) is 35.9 Å². The van der Waals surface area contributed by atoms with Crippen LogP contribution in [-0.2, 0) is 19.1 Å². The number of carbonyl (C=O) groups is 3. The van der Waals surface area contributed by atoms with Crippen LogP contribution >= 0.6 is 0 Å². The molecule has 0 radical (unpaired) electrons. The van der Waals surface area contributed by atoms with Crippen LogP contribution in [0.15, 0.2) is 30.3 Å². The fourth-order valence-electron chi connectivity index (χ4n) is 5.18. The molecule has 0 amide bonds. The first-order valence-electron chi connectivity index (χ1n) is 9.23. The monoisotopic (exact) mass is 356 g/mol. The number of hydrogen-bond acceptors (Lipinski definition) is 5. The number of rotatable bonds is 3. The third-order valence-corrected chi connectivity index (χ3v) is 6.61. The van der Waals surface area contributed by atoms with Gasteiger partial charge in [0.25, 0.3) is 0 Å². The summed E-state index contributed by atoms with van der Waals surface area (Å²) in [5.41, 5.74) is -2.22. The van der Waals surface area contributed by atoms with Crippen molar-refractivity contribution >= 4 is 17.7 Å². The van der Waals surface area contributed by atoms with Crippen LogP contribution in [0.25, 0.3) is 0 Å². The molecule has 2 bridgehead atoms. The van der Waals surface area contributed by atoms with Gasteiger partial charge in [0, 0.05) is 17.9 Å². The van der Waals surface area contributed by atoms with Gasteiger partial charge < -0.3 is 9.47 Å². The molecule has 0 spiro atoms. The number of esters is 2. The topological polar surface area (TPSA) is 69.7 Å². The number of fused-ring (bicyclic) bond motifs is 1. The highest BCUT2D eigenvalue weighted by atomic mass is 16.6. The average molecular weight is 356 g/mol. The number of cyclic esters (lactones) is 1.